The molecule has 0 unspecified atom stereocenters. The van der Waals surface area contributed by atoms with Crippen molar-refractivity contribution in [1.29, 1.82) is 0 Å². The van der Waals surface area contributed by atoms with Crippen molar-refractivity contribution in [1.82, 2.24) is 4.98 Å². The third-order valence-corrected chi connectivity index (χ3v) is 3.15. The molecule has 0 saturated carbocycles. The number of pyridine rings is 1. The van der Waals surface area contributed by atoms with Gasteiger partial charge in [0, 0.05) is 16.2 Å². The number of hydrogen-bond donors (Lipinski definition) is 1. The van der Waals surface area contributed by atoms with Crippen LogP contribution in [0.15, 0.2) is 41.0 Å². The average molecular weight is 338 g/mol. The van der Waals surface area contributed by atoms with Crippen LogP contribution in [-0.2, 0) is 13.2 Å². The van der Waals surface area contributed by atoms with Gasteiger partial charge in [-0.25, -0.2) is 0 Å². The number of benzene rings is 1. The monoisotopic (exact) mass is 337 g/mol. The van der Waals surface area contributed by atoms with Gasteiger partial charge in [-0.15, -0.1) is 0 Å². The Morgan fingerprint density at radius 3 is 2.70 bits per heavy atom. The lowest BCUT2D eigenvalue weighted by atomic mass is 10.2. The van der Waals surface area contributed by atoms with Gasteiger partial charge in [-0.05, 0) is 41.1 Å². The number of halogens is 1. The Morgan fingerprint density at radius 2 is 2.05 bits per heavy atom. The SMILES string of the molecule is CCOc1cccc(CO)c1OCc1ccc(Br)cn1. The van der Waals surface area contributed by atoms with Gasteiger partial charge in [0.2, 0.25) is 0 Å². The van der Waals surface area contributed by atoms with Crippen molar-refractivity contribution in [2.75, 3.05) is 6.61 Å². The zero-order valence-corrected chi connectivity index (χ0v) is 12.8. The molecule has 106 valence electrons. The first-order chi connectivity index (χ1) is 9.74. The first-order valence-electron chi connectivity index (χ1n) is 6.33. The molecule has 1 heterocycles. The maximum absolute atomic E-state index is 9.39. The normalized spacial score (nSPS) is 10.3. The molecule has 0 saturated heterocycles. The highest BCUT2D eigenvalue weighted by atomic mass is 79.9. The third kappa shape index (κ3) is 3.71. The zero-order chi connectivity index (χ0) is 14.4. The molecule has 1 aromatic heterocycles. The molecule has 2 rings (SSSR count). The number of nitrogens with zero attached hydrogens (tertiary/aromatic N) is 1. The van der Waals surface area contributed by atoms with Crippen molar-refractivity contribution in [2.24, 2.45) is 0 Å². The van der Waals surface area contributed by atoms with Crippen LogP contribution in [0.25, 0.3) is 0 Å². The van der Waals surface area contributed by atoms with Gasteiger partial charge in [0.25, 0.3) is 0 Å². The molecule has 1 aromatic carbocycles. The molecule has 0 radical (unpaired) electrons. The average Bonchev–Trinajstić information content (AvgIpc) is 2.47. The molecule has 0 bridgehead atoms. The van der Waals surface area contributed by atoms with E-state index >= 15 is 0 Å². The van der Waals surface area contributed by atoms with Gasteiger partial charge in [0.15, 0.2) is 11.5 Å². The summed E-state index contributed by atoms with van der Waals surface area (Å²) in [5, 5.41) is 9.39. The number of para-hydroxylation sites is 1. The van der Waals surface area contributed by atoms with Crippen molar-refractivity contribution in [3.8, 4) is 11.5 Å². The minimum absolute atomic E-state index is 0.0932. The summed E-state index contributed by atoms with van der Waals surface area (Å²) in [6, 6.07) is 9.26. The molecule has 0 atom stereocenters. The van der Waals surface area contributed by atoms with E-state index in [1.165, 1.54) is 0 Å². The molecule has 0 aliphatic rings. The van der Waals surface area contributed by atoms with Crippen LogP contribution in [0.2, 0.25) is 0 Å². The first kappa shape index (κ1) is 14.8. The second kappa shape index (κ2) is 7.26. The Hall–Kier alpha value is -1.59. The fourth-order valence-electron chi connectivity index (χ4n) is 1.76. The van der Waals surface area contributed by atoms with Crippen LogP contribution in [0.1, 0.15) is 18.2 Å². The summed E-state index contributed by atoms with van der Waals surface area (Å²) in [7, 11) is 0. The van der Waals surface area contributed by atoms with Crippen LogP contribution in [-0.4, -0.2) is 16.7 Å². The van der Waals surface area contributed by atoms with Crippen LogP contribution in [0, 0.1) is 0 Å². The van der Waals surface area contributed by atoms with E-state index < -0.39 is 0 Å². The largest absolute Gasteiger partial charge is 0.490 e. The van der Waals surface area contributed by atoms with Gasteiger partial charge < -0.3 is 14.6 Å². The van der Waals surface area contributed by atoms with Crippen LogP contribution in [0.3, 0.4) is 0 Å². The summed E-state index contributed by atoms with van der Waals surface area (Å²) in [5.74, 6) is 1.21. The molecule has 1 N–H and O–H groups in total. The highest BCUT2D eigenvalue weighted by molar-refractivity contribution is 9.10. The van der Waals surface area contributed by atoms with Gasteiger partial charge in [-0.1, -0.05) is 12.1 Å². The summed E-state index contributed by atoms with van der Waals surface area (Å²) in [6.45, 7) is 2.68. The zero-order valence-electron chi connectivity index (χ0n) is 11.2. The van der Waals surface area contributed by atoms with Crippen LogP contribution in [0.4, 0.5) is 0 Å². The maximum atomic E-state index is 9.39. The number of ether oxygens (including phenoxy) is 2. The minimum atomic E-state index is -0.0932. The first-order valence-corrected chi connectivity index (χ1v) is 7.12. The summed E-state index contributed by atoms with van der Waals surface area (Å²) >= 11 is 3.34. The van der Waals surface area contributed by atoms with Gasteiger partial charge >= 0.3 is 0 Å². The standard InChI is InChI=1S/C15H16BrNO3/c1-2-19-14-5-3-4-11(9-18)15(14)20-10-13-7-6-12(16)8-17-13/h3-8,18H,2,9-10H2,1H3. The molecular formula is C15H16BrNO3. The van der Waals surface area contributed by atoms with Gasteiger partial charge in [0.1, 0.15) is 6.61 Å². The molecule has 0 fully saturated rings. The Kier molecular flexibility index (Phi) is 5.38. The summed E-state index contributed by atoms with van der Waals surface area (Å²) in [4.78, 5) is 4.25. The maximum Gasteiger partial charge on any atom is 0.167 e. The smallest absolute Gasteiger partial charge is 0.167 e. The van der Waals surface area contributed by atoms with Crippen molar-refractivity contribution in [2.45, 2.75) is 20.1 Å². The Balaban J connectivity index is 2.16. The predicted molar refractivity (Wildman–Crippen MR) is 79.8 cm³/mol. The topological polar surface area (TPSA) is 51.6 Å². The number of aliphatic hydroxyl groups excluding tert-OH is 1. The number of hydrogen-bond acceptors (Lipinski definition) is 4. The van der Waals surface area contributed by atoms with Crippen molar-refractivity contribution in [3.05, 3.63) is 52.3 Å². The lowest BCUT2D eigenvalue weighted by Crippen LogP contribution is -2.03. The van der Waals surface area contributed by atoms with Gasteiger partial charge in [-0.2, -0.15) is 0 Å². The van der Waals surface area contributed by atoms with E-state index in [1.807, 2.05) is 37.3 Å². The Bertz CT molecular complexity index is 558. The summed E-state index contributed by atoms with van der Waals surface area (Å²) < 4.78 is 12.2. The second-order valence-corrected chi connectivity index (χ2v) is 5.01. The van der Waals surface area contributed by atoms with Crippen molar-refractivity contribution >= 4 is 15.9 Å². The molecule has 0 amide bonds. The number of rotatable bonds is 6. The molecule has 20 heavy (non-hydrogen) atoms. The van der Waals surface area contributed by atoms with Crippen LogP contribution < -0.4 is 9.47 Å². The van der Waals surface area contributed by atoms with E-state index in [9.17, 15) is 5.11 Å². The van der Waals surface area contributed by atoms with Gasteiger partial charge in [0.05, 0.1) is 18.9 Å². The quantitative estimate of drug-likeness (QED) is 0.878. The molecule has 4 nitrogen and oxygen atoms in total. The summed E-state index contributed by atoms with van der Waals surface area (Å²) in [6.07, 6.45) is 1.72. The fraction of sp³-hybridized carbons (Fsp3) is 0.267. The van der Waals surface area contributed by atoms with E-state index in [1.54, 1.807) is 6.20 Å². The third-order valence-electron chi connectivity index (χ3n) is 2.68. The van der Waals surface area contributed by atoms with E-state index in [-0.39, 0.29) is 6.61 Å². The number of aliphatic hydroxyl groups is 1. The highest BCUT2D eigenvalue weighted by Crippen LogP contribution is 2.32. The summed E-state index contributed by atoms with van der Waals surface area (Å²) in [5.41, 5.74) is 1.51. The van der Waals surface area contributed by atoms with Gasteiger partial charge in [-0.3, -0.25) is 4.98 Å². The highest BCUT2D eigenvalue weighted by Gasteiger charge is 2.11. The van der Waals surface area contributed by atoms with Crippen LogP contribution in [0.5, 0.6) is 11.5 Å². The van der Waals surface area contributed by atoms with Crippen LogP contribution >= 0.6 is 15.9 Å². The van der Waals surface area contributed by atoms with E-state index in [4.69, 9.17) is 9.47 Å². The molecule has 0 spiro atoms. The second-order valence-electron chi connectivity index (χ2n) is 4.09. The van der Waals surface area contributed by atoms with E-state index in [0.717, 1.165) is 10.2 Å². The fourth-order valence-corrected chi connectivity index (χ4v) is 1.99. The Labute approximate surface area is 126 Å². The molecule has 0 aliphatic carbocycles. The minimum Gasteiger partial charge on any atom is -0.490 e. The molecule has 5 heteroatoms. The molecule has 2 aromatic rings. The lowest BCUT2D eigenvalue weighted by Gasteiger charge is -2.14. The Morgan fingerprint density at radius 1 is 1.20 bits per heavy atom. The predicted octanol–water partition coefficient (Wildman–Crippen LogP) is 3.31. The molecular weight excluding hydrogens is 322 g/mol. The van der Waals surface area contributed by atoms with E-state index in [2.05, 4.69) is 20.9 Å². The molecule has 0 aliphatic heterocycles. The lowest BCUT2D eigenvalue weighted by molar-refractivity contribution is 0.241. The van der Waals surface area contributed by atoms with E-state index in [0.29, 0.717) is 30.3 Å². The van der Waals surface area contributed by atoms with Crippen molar-refractivity contribution < 1.29 is 14.6 Å². The number of aromatic nitrogens is 1. The van der Waals surface area contributed by atoms with Crippen molar-refractivity contribution in [3.63, 3.8) is 0 Å².